The predicted molar refractivity (Wildman–Crippen MR) is 133 cm³/mol. The van der Waals surface area contributed by atoms with E-state index in [2.05, 4.69) is 23.7 Å². The molecule has 0 unspecified atom stereocenters. The summed E-state index contributed by atoms with van der Waals surface area (Å²) in [5.74, 6) is 10.5. The molecule has 0 saturated carbocycles. The Morgan fingerprint density at radius 2 is 1.12 bits per heavy atom. The maximum atomic E-state index is 11.4. The second-order valence-corrected chi connectivity index (χ2v) is 9.99. The van der Waals surface area contributed by atoms with Crippen molar-refractivity contribution in [1.82, 2.24) is 0 Å². The van der Waals surface area contributed by atoms with Crippen LogP contribution in [0, 0.1) is 34.5 Å². The van der Waals surface area contributed by atoms with Gasteiger partial charge in [-0.25, -0.2) is 0 Å². The smallest absolute Gasteiger partial charge is 0.311 e. The minimum atomic E-state index is -0.526. The van der Waals surface area contributed by atoms with E-state index in [0.29, 0.717) is 51.7 Å². The summed E-state index contributed by atoms with van der Waals surface area (Å²) >= 11 is 0. The van der Waals surface area contributed by atoms with Gasteiger partial charge in [-0.1, -0.05) is 18.8 Å². The lowest BCUT2D eigenvalue weighted by molar-refractivity contribution is -0.153. The number of hydrogen-bond donors (Lipinski definition) is 3. The monoisotopic (exact) mass is 482 g/mol. The van der Waals surface area contributed by atoms with Gasteiger partial charge in [-0.15, -0.1) is 11.8 Å². The van der Waals surface area contributed by atoms with Crippen molar-refractivity contribution in [1.29, 1.82) is 0 Å². The molecular weight excluding hydrogens is 436 g/mol. The molecule has 7 heteroatoms. The predicted octanol–water partition coefficient (Wildman–Crippen LogP) is 3.62. The third-order valence-electron chi connectivity index (χ3n) is 4.24. The molecule has 0 saturated heterocycles. The van der Waals surface area contributed by atoms with Crippen LogP contribution in [0.3, 0.4) is 0 Å². The molecule has 0 aromatic carbocycles. The molecule has 2 atom stereocenters. The highest BCUT2D eigenvalue weighted by Gasteiger charge is 2.23. The minimum absolute atomic E-state index is 0.185. The largest absolute Gasteiger partial charge is 0.465 e. The summed E-state index contributed by atoms with van der Waals surface area (Å²) < 4.78 is 10.2. The van der Waals surface area contributed by atoms with Crippen molar-refractivity contribution < 1.29 is 34.4 Å². The van der Waals surface area contributed by atoms with Gasteiger partial charge in [-0.3, -0.25) is 9.59 Å². The standard InChI is InChI=1S/C14H24O3.C13H22O4/c1-5-6-7-9-12(15)10-8-11-17-13(16)14(2,3)4;1-13(2,3)12(16)17-10-6-8-11(15)7-4-5-9-14/h12,15H,5,8-11H2,1-4H3;11,14-15H,6-10H2,1-3H3/t12-;11-/m11/s1. The van der Waals surface area contributed by atoms with E-state index in [1.54, 1.807) is 20.8 Å². The summed E-state index contributed by atoms with van der Waals surface area (Å²) in [7, 11) is 0. The summed E-state index contributed by atoms with van der Waals surface area (Å²) in [4.78, 5) is 22.8. The second-order valence-electron chi connectivity index (χ2n) is 9.99. The van der Waals surface area contributed by atoms with E-state index in [-0.39, 0.29) is 18.5 Å². The van der Waals surface area contributed by atoms with Crippen LogP contribution >= 0.6 is 0 Å². The molecule has 0 aliphatic heterocycles. The van der Waals surface area contributed by atoms with E-state index in [0.717, 1.165) is 6.42 Å². The molecule has 3 N–H and O–H groups in total. The van der Waals surface area contributed by atoms with Gasteiger partial charge in [0.2, 0.25) is 0 Å². The van der Waals surface area contributed by atoms with E-state index < -0.39 is 23.0 Å². The van der Waals surface area contributed by atoms with Gasteiger partial charge in [0.1, 0.15) is 6.61 Å². The fraction of sp³-hybridized carbons (Fsp3) is 0.778. The van der Waals surface area contributed by atoms with Crippen molar-refractivity contribution >= 4 is 11.9 Å². The Kier molecular flexibility index (Phi) is 19.3. The summed E-state index contributed by atoms with van der Waals surface area (Å²) in [6.45, 7) is 13.4. The first kappa shape index (κ1) is 34.1. The number of rotatable bonds is 10. The zero-order valence-electron chi connectivity index (χ0n) is 22.2. The Morgan fingerprint density at radius 3 is 1.44 bits per heavy atom. The van der Waals surface area contributed by atoms with Crippen molar-refractivity contribution in [3.63, 3.8) is 0 Å². The molecule has 0 rings (SSSR count). The molecule has 0 fully saturated rings. The highest BCUT2D eigenvalue weighted by atomic mass is 16.5. The maximum Gasteiger partial charge on any atom is 0.311 e. The van der Waals surface area contributed by atoms with Gasteiger partial charge >= 0.3 is 11.9 Å². The summed E-state index contributed by atoms with van der Waals surface area (Å²) in [6, 6.07) is 0. The van der Waals surface area contributed by atoms with Gasteiger partial charge < -0.3 is 24.8 Å². The number of hydrogen-bond acceptors (Lipinski definition) is 7. The topological polar surface area (TPSA) is 113 Å². The Bertz CT molecular complexity index is 618. The third kappa shape index (κ3) is 21.8. The number of carbonyl (C=O) groups is 2. The van der Waals surface area contributed by atoms with Crippen LogP contribution in [0.15, 0.2) is 0 Å². The average molecular weight is 483 g/mol. The average Bonchev–Trinajstić information content (AvgIpc) is 2.73. The quantitative estimate of drug-likeness (QED) is 0.248. The van der Waals surface area contributed by atoms with E-state index >= 15 is 0 Å². The van der Waals surface area contributed by atoms with Gasteiger partial charge in [0.25, 0.3) is 0 Å². The molecule has 0 amide bonds. The first-order valence-corrected chi connectivity index (χ1v) is 12.0. The van der Waals surface area contributed by atoms with Gasteiger partial charge in [0.15, 0.2) is 0 Å². The van der Waals surface area contributed by atoms with Crippen molar-refractivity contribution in [3.8, 4) is 23.7 Å². The Hall–Kier alpha value is -2.06. The van der Waals surface area contributed by atoms with Crippen LogP contribution in [-0.2, 0) is 19.1 Å². The number of ether oxygens (including phenoxy) is 2. The molecule has 0 heterocycles. The van der Waals surface area contributed by atoms with Crippen molar-refractivity contribution in [3.05, 3.63) is 0 Å². The molecule has 0 aromatic rings. The third-order valence-corrected chi connectivity index (χ3v) is 4.24. The molecular formula is C27H46O7. The number of aliphatic hydroxyl groups excluding tert-OH is 3. The maximum absolute atomic E-state index is 11.4. The lowest BCUT2D eigenvalue weighted by atomic mass is 9.97. The molecule has 0 spiro atoms. The highest BCUT2D eigenvalue weighted by Crippen LogP contribution is 2.16. The molecule has 196 valence electrons. The van der Waals surface area contributed by atoms with Crippen molar-refractivity contribution in [2.24, 2.45) is 10.8 Å². The molecule has 34 heavy (non-hydrogen) atoms. The van der Waals surface area contributed by atoms with Crippen LogP contribution in [0.25, 0.3) is 0 Å². The Morgan fingerprint density at radius 1 is 0.735 bits per heavy atom. The Balaban J connectivity index is 0. The number of esters is 2. The Labute approximate surface area is 206 Å². The molecule has 7 nitrogen and oxygen atoms in total. The van der Waals surface area contributed by atoms with Crippen molar-refractivity contribution in [2.75, 3.05) is 19.8 Å². The first-order valence-electron chi connectivity index (χ1n) is 12.0. The van der Waals surface area contributed by atoms with Gasteiger partial charge in [0, 0.05) is 19.3 Å². The molecule has 0 aromatic heterocycles. The van der Waals surface area contributed by atoms with E-state index in [1.807, 2.05) is 27.7 Å². The zero-order valence-corrected chi connectivity index (χ0v) is 22.2. The molecule has 0 aliphatic rings. The zero-order chi connectivity index (χ0) is 26.6. The van der Waals surface area contributed by atoms with Gasteiger partial charge in [-0.05, 0) is 67.2 Å². The summed E-state index contributed by atoms with van der Waals surface area (Å²) in [5.41, 5.74) is -0.934. The second kappa shape index (κ2) is 19.3. The number of aliphatic hydroxyl groups is 3. The van der Waals surface area contributed by atoms with Crippen LogP contribution in [0.1, 0.15) is 93.4 Å². The lowest BCUT2D eigenvalue weighted by Gasteiger charge is -2.16. The normalized spacial score (nSPS) is 12.5. The van der Waals surface area contributed by atoms with Gasteiger partial charge in [-0.2, -0.15) is 0 Å². The van der Waals surface area contributed by atoms with Crippen LogP contribution in [0.5, 0.6) is 0 Å². The van der Waals surface area contributed by atoms with Crippen LogP contribution in [0.2, 0.25) is 0 Å². The summed E-state index contributed by atoms with van der Waals surface area (Å²) in [5, 5.41) is 27.5. The van der Waals surface area contributed by atoms with Gasteiger partial charge in [0.05, 0.1) is 36.3 Å². The van der Waals surface area contributed by atoms with E-state index in [1.165, 1.54) is 0 Å². The van der Waals surface area contributed by atoms with Crippen molar-refractivity contribution in [2.45, 2.75) is 106 Å². The fourth-order valence-corrected chi connectivity index (χ4v) is 2.17. The highest BCUT2D eigenvalue weighted by molar-refractivity contribution is 5.75. The van der Waals surface area contributed by atoms with Crippen LogP contribution in [0.4, 0.5) is 0 Å². The molecule has 0 aliphatic carbocycles. The van der Waals surface area contributed by atoms with Crippen LogP contribution < -0.4 is 0 Å². The molecule has 0 radical (unpaired) electrons. The molecule has 0 bridgehead atoms. The van der Waals surface area contributed by atoms with Crippen LogP contribution in [-0.4, -0.2) is 59.3 Å². The fourth-order valence-electron chi connectivity index (χ4n) is 2.17. The SMILES string of the molecule is CC(C)(C)C(=O)OCCC[C@H](O)CC#CCO.CCC#CC[C@@H](O)CCCOC(=O)C(C)(C)C. The number of carbonyl (C=O) groups excluding carboxylic acids is 2. The first-order chi connectivity index (χ1) is 15.8. The summed E-state index contributed by atoms with van der Waals surface area (Å²) in [6.07, 6.45) is 3.17. The van der Waals surface area contributed by atoms with E-state index in [9.17, 15) is 19.8 Å². The minimum Gasteiger partial charge on any atom is -0.465 e. The lowest BCUT2D eigenvalue weighted by Crippen LogP contribution is -2.23. The van der Waals surface area contributed by atoms with E-state index in [4.69, 9.17) is 14.6 Å².